The highest BCUT2D eigenvalue weighted by Gasteiger charge is 2.41. The molecule has 3 fully saturated rings. The van der Waals surface area contributed by atoms with Gasteiger partial charge in [0.05, 0.1) is 34.9 Å². The zero-order valence-corrected chi connectivity index (χ0v) is 24.8. The van der Waals surface area contributed by atoms with Crippen LogP contribution in [0.25, 0.3) is 27.8 Å². The van der Waals surface area contributed by atoms with Crippen molar-refractivity contribution in [1.82, 2.24) is 35.0 Å². The zero-order chi connectivity index (χ0) is 29.4. The number of amides is 1. The minimum absolute atomic E-state index is 0.238. The molecule has 1 saturated carbocycles. The quantitative estimate of drug-likeness (QED) is 0.327. The number of nitrogens with one attached hydrogen (secondary N) is 2. The fourth-order valence-electron chi connectivity index (χ4n) is 6.87. The Hall–Kier alpha value is -4.23. The predicted octanol–water partition coefficient (Wildman–Crippen LogP) is 4.72. The highest BCUT2D eigenvalue weighted by molar-refractivity contribution is 5.87. The first-order valence-electron chi connectivity index (χ1n) is 15.8. The largest absolute Gasteiger partial charge is 0.357 e. The maximum atomic E-state index is 13.2. The molecule has 7 rings (SSSR count). The van der Waals surface area contributed by atoms with Crippen molar-refractivity contribution in [2.45, 2.75) is 70.4 Å². The van der Waals surface area contributed by atoms with Crippen molar-refractivity contribution in [3.8, 4) is 28.3 Å². The molecule has 2 aliphatic heterocycles. The molecule has 10 nitrogen and oxygen atoms in total. The van der Waals surface area contributed by atoms with E-state index in [4.69, 9.17) is 10.1 Å². The number of anilines is 1. The highest BCUT2D eigenvalue weighted by Crippen LogP contribution is 2.38. The van der Waals surface area contributed by atoms with Crippen LogP contribution in [0.4, 0.5) is 5.82 Å². The van der Waals surface area contributed by atoms with Crippen LogP contribution in [0, 0.1) is 16.7 Å². The van der Waals surface area contributed by atoms with E-state index in [0.717, 1.165) is 105 Å². The SMILES string of the molecule is CCC1(C(=O)NC2CCC2)CCN(c2ccc(-c3cc(-c4cnn(C5CCNCC5)c4)cn4ncc(C#N)c34)cn2)CC1. The minimum Gasteiger partial charge on any atom is -0.357 e. The molecule has 6 heterocycles. The number of nitrogens with zero attached hydrogens (tertiary/aromatic N) is 7. The molecule has 4 aromatic heterocycles. The molecule has 2 saturated heterocycles. The Labute approximate surface area is 252 Å². The second kappa shape index (κ2) is 11.5. The van der Waals surface area contributed by atoms with Crippen LogP contribution in [0.3, 0.4) is 0 Å². The van der Waals surface area contributed by atoms with E-state index in [9.17, 15) is 10.1 Å². The lowest BCUT2D eigenvalue weighted by Gasteiger charge is -2.42. The first-order valence-corrected chi connectivity index (χ1v) is 15.8. The van der Waals surface area contributed by atoms with Gasteiger partial charge >= 0.3 is 0 Å². The lowest BCUT2D eigenvalue weighted by Crippen LogP contribution is -2.52. The monoisotopic (exact) mass is 577 g/mol. The van der Waals surface area contributed by atoms with Crippen LogP contribution < -0.4 is 15.5 Å². The van der Waals surface area contributed by atoms with Crippen molar-refractivity contribution in [2.24, 2.45) is 5.41 Å². The molecule has 222 valence electrons. The maximum absolute atomic E-state index is 13.2. The molecule has 1 aliphatic carbocycles. The van der Waals surface area contributed by atoms with Gasteiger partial charge in [-0.15, -0.1) is 0 Å². The van der Waals surface area contributed by atoms with E-state index in [1.807, 2.05) is 18.6 Å². The van der Waals surface area contributed by atoms with Gasteiger partial charge in [0.2, 0.25) is 5.91 Å². The summed E-state index contributed by atoms with van der Waals surface area (Å²) in [4.78, 5) is 20.3. The van der Waals surface area contributed by atoms with E-state index >= 15 is 0 Å². The van der Waals surface area contributed by atoms with E-state index in [0.29, 0.717) is 17.6 Å². The third-order valence-corrected chi connectivity index (χ3v) is 10.1. The van der Waals surface area contributed by atoms with Gasteiger partial charge in [-0.2, -0.15) is 15.5 Å². The summed E-state index contributed by atoms with van der Waals surface area (Å²) in [5.74, 6) is 1.15. The normalized spacial score (nSPS) is 19.2. The van der Waals surface area contributed by atoms with E-state index in [-0.39, 0.29) is 11.3 Å². The van der Waals surface area contributed by atoms with Crippen molar-refractivity contribution in [3.05, 3.63) is 54.7 Å². The first kappa shape index (κ1) is 27.6. The molecule has 0 bridgehead atoms. The van der Waals surface area contributed by atoms with Crippen LogP contribution in [0.15, 0.2) is 49.2 Å². The van der Waals surface area contributed by atoms with E-state index in [1.165, 1.54) is 6.42 Å². The molecular formula is C33H39N9O. The number of fused-ring (bicyclic) bond motifs is 1. The molecular weight excluding hydrogens is 538 g/mol. The van der Waals surface area contributed by atoms with Crippen LogP contribution >= 0.6 is 0 Å². The van der Waals surface area contributed by atoms with Gasteiger partial charge < -0.3 is 15.5 Å². The summed E-state index contributed by atoms with van der Waals surface area (Å²) in [6.45, 7) is 5.77. The minimum atomic E-state index is -0.282. The van der Waals surface area contributed by atoms with Gasteiger partial charge in [-0.1, -0.05) is 6.92 Å². The van der Waals surface area contributed by atoms with Gasteiger partial charge in [0.15, 0.2) is 0 Å². The smallest absolute Gasteiger partial charge is 0.226 e. The Bertz CT molecular complexity index is 1650. The van der Waals surface area contributed by atoms with Gasteiger partial charge in [0.1, 0.15) is 11.9 Å². The molecule has 4 aromatic rings. The molecule has 0 aromatic carbocycles. The molecule has 3 aliphatic rings. The van der Waals surface area contributed by atoms with Crippen molar-refractivity contribution in [1.29, 1.82) is 5.26 Å². The summed E-state index contributed by atoms with van der Waals surface area (Å²) in [6, 6.07) is 9.34. The molecule has 0 atom stereocenters. The van der Waals surface area contributed by atoms with Crippen LogP contribution in [-0.2, 0) is 4.79 Å². The zero-order valence-electron chi connectivity index (χ0n) is 24.8. The van der Waals surface area contributed by atoms with Crippen LogP contribution in [0.2, 0.25) is 0 Å². The molecule has 2 N–H and O–H groups in total. The van der Waals surface area contributed by atoms with Gasteiger partial charge in [-0.3, -0.25) is 9.48 Å². The van der Waals surface area contributed by atoms with Crippen molar-refractivity contribution in [2.75, 3.05) is 31.1 Å². The number of nitriles is 1. The second-order valence-corrected chi connectivity index (χ2v) is 12.4. The Morgan fingerprint density at radius 2 is 1.86 bits per heavy atom. The molecule has 0 unspecified atom stereocenters. The third kappa shape index (κ3) is 5.16. The van der Waals surface area contributed by atoms with Crippen LogP contribution in [0.1, 0.15) is 69.9 Å². The molecule has 1 amide bonds. The van der Waals surface area contributed by atoms with Crippen LogP contribution in [0.5, 0.6) is 0 Å². The summed E-state index contributed by atoms with van der Waals surface area (Å²) < 4.78 is 3.88. The number of carbonyl (C=O) groups is 1. The fourth-order valence-corrected chi connectivity index (χ4v) is 6.87. The van der Waals surface area contributed by atoms with Crippen molar-refractivity contribution >= 4 is 17.2 Å². The third-order valence-electron chi connectivity index (χ3n) is 10.1. The van der Waals surface area contributed by atoms with E-state index in [2.05, 4.69) is 62.7 Å². The Balaban J connectivity index is 1.13. The highest BCUT2D eigenvalue weighted by atomic mass is 16.2. The van der Waals surface area contributed by atoms with Gasteiger partial charge in [0, 0.05) is 60.0 Å². The lowest BCUT2D eigenvalue weighted by atomic mass is 9.74. The van der Waals surface area contributed by atoms with E-state index in [1.54, 1.807) is 10.7 Å². The standard InChI is InChI=1S/C33H39N9O/c1-2-33(32(43)39-27-4-3-5-27)10-14-40(15-11-33)30-7-6-23(18-36-30)29-16-24(21-42-31(29)25(17-34)19-38-42)26-20-37-41(22-26)28-8-12-35-13-9-28/h6-7,16,18-22,27-28,35H,2-5,8-15H2,1H3,(H,39,43). The number of carbonyl (C=O) groups excluding carboxylic acids is 1. The number of piperidine rings is 2. The van der Waals surface area contributed by atoms with Gasteiger partial charge in [-0.25, -0.2) is 9.50 Å². The molecule has 0 spiro atoms. The summed E-state index contributed by atoms with van der Waals surface area (Å²) >= 11 is 0. The van der Waals surface area contributed by atoms with Gasteiger partial charge in [0.25, 0.3) is 0 Å². The average Bonchev–Trinajstić information content (AvgIpc) is 3.71. The average molecular weight is 578 g/mol. The second-order valence-electron chi connectivity index (χ2n) is 12.4. The molecule has 10 heteroatoms. The van der Waals surface area contributed by atoms with Gasteiger partial charge in [-0.05, 0) is 82.7 Å². The topological polar surface area (TPSA) is 116 Å². The number of aromatic nitrogens is 5. The maximum Gasteiger partial charge on any atom is 0.226 e. The van der Waals surface area contributed by atoms with Crippen molar-refractivity contribution < 1.29 is 4.79 Å². The lowest BCUT2D eigenvalue weighted by molar-refractivity contribution is -0.133. The Morgan fingerprint density at radius 3 is 2.53 bits per heavy atom. The predicted molar refractivity (Wildman–Crippen MR) is 165 cm³/mol. The number of rotatable bonds is 7. The first-order chi connectivity index (χ1) is 21.1. The summed E-state index contributed by atoms with van der Waals surface area (Å²) in [6.07, 6.45) is 17.6. The number of pyridine rings is 2. The number of hydrogen-bond acceptors (Lipinski definition) is 7. The Kier molecular flexibility index (Phi) is 7.35. The summed E-state index contributed by atoms with van der Waals surface area (Å²) in [5.41, 5.74) is 4.88. The molecule has 43 heavy (non-hydrogen) atoms. The van der Waals surface area contributed by atoms with E-state index < -0.39 is 0 Å². The summed E-state index contributed by atoms with van der Waals surface area (Å²) in [7, 11) is 0. The Morgan fingerprint density at radius 1 is 1.05 bits per heavy atom. The van der Waals surface area contributed by atoms with Crippen LogP contribution in [-0.4, -0.2) is 62.5 Å². The molecule has 0 radical (unpaired) electrons. The summed E-state index contributed by atoms with van der Waals surface area (Å²) in [5, 5.41) is 25.8. The van der Waals surface area contributed by atoms with Crippen molar-refractivity contribution in [3.63, 3.8) is 0 Å². The fraction of sp³-hybridized carbons (Fsp3) is 0.485. The number of hydrogen-bond donors (Lipinski definition) is 2.